The van der Waals surface area contributed by atoms with Crippen molar-refractivity contribution in [3.63, 3.8) is 0 Å². The van der Waals surface area contributed by atoms with Gasteiger partial charge in [-0.1, -0.05) is 12.1 Å². The summed E-state index contributed by atoms with van der Waals surface area (Å²) in [5.41, 5.74) is 0.940. The maximum atomic E-state index is 8.26. The third-order valence-corrected chi connectivity index (χ3v) is 2.47. The second kappa shape index (κ2) is 3.26. The van der Waals surface area contributed by atoms with Gasteiger partial charge in [0, 0.05) is 5.92 Å². The average Bonchev–Trinajstić information content (AvgIpc) is 2.57. The van der Waals surface area contributed by atoms with Crippen LogP contribution in [0.1, 0.15) is 5.01 Å². The molecule has 0 bridgehead atoms. The lowest BCUT2D eigenvalue weighted by atomic mass is 10.3. The number of hydrogen-bond acceptors (Lipinski definition) is 3. The van der Waals surface area contributed by atoms with Crippen LogP contribution >= 0.6 is 11.3 Å². The molecule has 0 saturated heterocycles. The van der Waals surface area contributed by atoms with Crippen molar-refractivity contribution in [2.24, 2.45) is 0 Å². The number of aromatic nitrogens is 1. The highest BCUT2D eigenvalue weighted by molar-refractivity contribution is 7.19. The van der Waals surface area contributed by atoms with Crippen molar-refractivity contribution in [3.05, 3.63) is 29.3 Å². The zero-order chi connectivity index (χ0) is 9.10. The molecule has 0 fully saturated rings. The first-order chi connectivity index (χ1) is 6.40. The molecule has 0 N–H and O–H groups in total. The van der Waals surface area contributed by atoms with Crippen LogP contribution in [0.25, 0.3) is 10.2 Å². The standard InChI is InChI=1S/C10H4N2S/c11-7-3-6-10-12-8-4-1-2-5-9(8)13-10/h1-2,4-5H. The van der Waals surface area contributed by atoms with E-state index in [1.165, 1.54) is 11.3 Å². The van der Waals surface area contributed by atoms with Crippen LogP contribution in [0.4, 0.5) is 0 Å². The van der Waals surface area contributed by atoms with Crippen LogP contribution in [-0.4, -0.2) is 4.98 Å². The van der Waals surface area contributed by atoms with Crippen molar-refractivity contribution in [1.82, 2.24) is 4.98 Å². The van der Waals surface area contributed by atoms with E-state index in [9.17, 15) is 0 Å². The lowest BCUT2D eigenvalue weighted by molar-refractivity contribution is 1.45. The Morgan fingerprint density at radius 2 is 2.15 bits per heavy atom. The van der Waals surface area contributed by atoms with Crippen LogP contribution in [0.15, 0.2) is 24.3 Å². The molecule has 0 aliphatic carbocycles. The smallest absolute Gasteiger partial charge is 0.169 e. The minimum atomic E-state index is 0.697. The molecule has 0 aliphatic heterocycles. The van der Waals surface area contributed by atoms with Gasteiger partial charge in [-0.25, -0.2) is 4.98 Å². The van der Waals surface area contributed by atoms with Crippen LogP contribution in [0.3, 0.4) is 0 Å². The first kappa shape index (κ1) is 7.79. The summed E-state index contributed by atoms with van der Waals surface area (Å²) >= 11 is 1.50. The molecule has 0 radical (unpaired) electrons. The molecule has 3 heteroatoms. The van der Waals surface area contributed by atoms with Gasteiger partial charge in [-0.2, -0.15) is 5.26 Å². The fraction of sp³-hybridized carbons (Fsp3) is 0. The Labute approximate surface area is 79.5 Å². The predicted octanol–water partition coefficient (Wildman–Crippen LogP) is 2.17. The number of thiazole rings is 1. The Morgan fingerprint density at radius 1 is 1.31 bits per heavy atom. The van der Waals surface area contributed by atoms with E-state index >= 15 is 0 Å². The minimum absolute atomic E-state index is 0.697. The van der Waals surface area contributed by atoms with Crippen LogP contribution < -0.4 is 0 Å². The van der Waals surface area contributed by atoms with E-state index in [2.05, 4.69) is 16.8 Å². The molecule has 2 nitrogen and oxygen atoms in total. The summed E-state index contributed by atoms with van der Waals surface area (Å²) < 4.78 is 1.10. The predicted molar refractivity (Wildman–Crippen MR) is 52.1 cm³/mol. The number of rotatable bonds is 0. The van der Waals surface area contributed by atoms with Crippen molar-refractivity contribution in [1.29, 1.82) is 5.26 Å². The summed E-state index contributed by atoms with van der Waals surface area (Å²) in [6.45, 7) is 0. The average molecular weight is 184 g/mol. The summed E-state index contributed by atoms with van der Waals surface area (Å²) in [4.78, 5) is 4.24. The van der Waals surface area contributed by atoms with Gasteiger partial charge in [0.1, 0.15) is 0 Å². The lowest BCUT2D eigenvalue weighted by Gasteiger charge is -1.80. The summed E-state index contributed by atoms with van der Waals surface area (Å²) in [7, 11) is 0. The quantitative estimate of drug-likeness (QED) is 0.588. The summed E-state index contributed by atoms with van der Waals surface area (Å²) in [5, 5.41) is 8.95. The highest BCUT2D eigenvalue weighted by Crippen LogP contribution is 2.20. The van der Waals surface area contributed by atoms with Gasteiger partial charge in [0.2, 0.25) is 0 Å². The van der Waals surface area contributed by atoms with Gasteiger partial charge >= 0.3 is 0 Å². The van der Waals surface area contributed by atoms with Gasteiger partial charge in [-0.05, 0) is 18.1 Å². The zero-order valence-corrected chi connectivity index (χ0v) is 7.43. The van der Waals surface area contributed by atoms with E-state index in [1.807, 2.05) is 24.3 Å². The molecule has 0 unspecified atom stereocenters. The molecule has 0 amide bonds. The van der Waals surface area contributed by atoms with E-state index in [1.54, 1.807) is 6.07 Å². The molecular weight excluding hydrogens is 180 g/mol. The largest absolute Gasteiger partial charge is 0.228 e. The molecule has 60 valence electrons. The molecule has 2 rings (SSSR count). The maximum Gasteiger partial charge on any atom is 0.169 e. The summed E-state index contributed by atoms with van der Waals surface area (Å²) in [5.74, 6) is 5.01. The Morgan fingerprint density at radius 3 is 2.92 bits per heavy atom. The fourth-order valence-corrected chi connectivity index (χ4v) is 1.83. The number of nitriles is 1. The molecule has 1 heterocycles. The molecule has 0 atom stereocenters. The molecule has 0 aliphatic rings. The first-order valence-electron chi connectivity index (χ1n) is 3.66. The second-order valence-corrected chi connectivity index (χ2v) is 3.38. The third-order valence-electron chi connectivity index (χ3n) is 1.52. The van der Waals surface area contributed by atoms with E-state index in [4.69, 9.17) is 5.26 Å². The van der Waals surface area contributed by atoms with Gasteiger partial charge < -0.3 is 0 Å². The maximum absolute atomic E-state index is 8.26. The number of benzene rings is 1. The van der Waals surface area contributed by atoms with E-state index < -0.39 is 0 Å². The third kappa shape index (κ3) is 1.51. The van der Waals surface area contributed by atoms with Crippen molar-refractivity contribution < 1.29 is 0 Å². The van der Waals surface area contributed by atoms with Crippen LogP contribution in [0, 0.1) is 23.2 Å². The lowest BCUT2D eigenvalue weighted by Crippen LogP contribution is -1.68. The molecule has 1 aromatic heterocycles. The van der Waals surface area contributed by atoms with Crippen molar-refractivity contribution >= 4 is 21.6 Å². The topological polar surface area (TPSA) is 36.7 Å². The molecule has 2 aromatic rings. The molecule has 0 spiro atoms. The molecular formula is C10H4N2S. The Kier molecular flexibility index (Phi) is 1.96. The van der Waals surface area contributed by atoms with E-state index in [0.717, 1.165) is 10.2 Å². The first-order valence-corrected chi connectivity index (χ1v) is 4.47. The SMILES string of the molecule is N#CC#Cc1nc2ccccc2s1. The van der Waals surface area contributed by atoms with Gasteiger partial charge in [0.25, 0.3) is 0 Å². The minimum Gasteiger partial charge on any atom is -0.228 e. The van der Waals surface area contributed by atoms with Crippen LogP contribution in [0.2, 0.25) is 0 Å². The number of nitrogens with zero attached hydrogens (tertiary/aromatic N) is 2. The Balaban J connectivity index is 2.57. The van der Waals surface area contributed by atoms with Crippen LogP contribution in [-0.2, 0) is 0 Å². The number of hydrogen-bond donors (Lipinski definition) is 0. The van der Waals surface area contributed by atoms with Crippen molar-refractivity contribution in [2.75, 3.05) is 0 Å². The van der Waals surface area contributed by atoms with Crippen LogP contribution in [0.5, 0.6) is 0 Å². The summed E-state index contributed by atoms with van der Waals surface area (Å²) in [6.07, 6.45) is 0. The number of fused-ring (bicyclic) bond motifs is 1. The highest BCUT2D eigenvalue weighted by Gasteiger charge is 1.98. The Hall–Kier alpha value is -1.84. The molecule has 13 heavy (non-hydrogen) atoms. The highest BCUT2D eigenvalue weighted by atomic mass is 32.1. The second-order valence-electron chi connectivity index (χ2n) is 2.35. The summed E-state index contributed by atoms with van der Waals surface area (Å²) in [6, 6.07) is 9.59. The van der Waals surface area contributed by atoms with Gasteiger partial charge in [0.05, 0.1) is 10.2 Å². The van der Waals surface area contributed by atoms with Gasteiger partial charge in [0.15, 0.2) is 11.1 Å². The van der Waals surface area contributed by atoms with E-state index in [-0.39, 0.29) is 0 Å². The van der Waals surface area contributed by atoms with Gasteiger partial charge in [-0.15, -0.1) is 11.3 Å². The number of para-hydroxylation sites is 1. The molecule has 0 saturated carbocycles. The fourth-order valence-electron chi connectivity index (χ4n) is 1.01. The van der Waals surface area contributed by atoms with Crippen molar-refractivity contribution in [2.45, 2.75) is 0 Å². The van der Waals surface area contributed by atoms with Crippen molar-refractivity contribution in [3.8, 4) is 17.9 Å². The zero-order valence-electron chi connectivity index (χ0n) is 6.61. The molecule has 1 aromatic carbocycles. The monoisotopic (exact) mass is 184 g/mol. The Bertz CT molecular complexity index is 504. The van der Waals surface area contributed by atoms with E-state index in [0.29, 0.717) is 5.01 Å². The van der Waals surface area contributed by atoms with Gasteiger partial charge in [-0.3, -0.25) is 0 Å². The normalized spacial score (nSPS) is 8.85.